The molecule has 4 nitrogen and oxygen atoms in total. The second-order valence-corrected chi connectivity index (χ2v) is 6.59. The molecule has 1 fully saturated rings. The highest BCUT2D eigenvalue weighted by Crippen LogP contribution is 2.40. The number of benzene rings is 2. The number of para-hydroxylation sites is 1. The highest BCUT2D eigenvalue weighted by Gasteiger charge is 2.24. The van der Waals surface area contributed by atoms with Crippen LogP contribution in [0.1, 0.15) is 29.5 Å². The van der Waals surface area contributed by atoms with Crippen molar-refractivity contribution >= 4 is 11.5 Å². The fraction of sp³-hybridized carbons (Fsp3) is 0.286. The van der Waals surface area contributed by atoms with Crippen LogP contribution >= 0.6 is 0 Å². The van der Waals surface area contributed by atoms with Crippen LogP contribution in [0.3, 0.4) is 0 Å². The Balaban J connectivity index is 1.77. The van der Waals surface area contributed by atoms with E-state index in [0.717, 1.165) is 37.2 Å². The molecule has 2 aliphatic rings. The van der Waals surface area contributed by atoms with E-state index in [4.69, 9.17) is 9.84 Å². The summed E-state index contributed by atoms with van der Waals surface area (Å²) in [6.45, 7) is 2.28. The van der Waals surface area contributed by atoms with Crippen LogP contribution in [-0.2, 0) is 11.4 Å². The fourth-order valence-electron chi connectivity index (χ4n) is 3.79. The van der Waals surface area contributed by atoms with Crippen LogP contribution in [0.2, 0.25) is 0 Å². The molecule has 25 heavy (non-hydrogen) atoms. The monoisotopic (exact) mass is 335 g/mol. The summed E-state index contributed by atoms with van der Waals surface area (Å²) >= 11 is 0. The van der Waals surface area contributed by atoms with Crippen molar-refractivity contribution in [1.29, 1.82) is 0 Å². The Hall–Kier alpha value is -2.59. The number of likely N-dealkylation sites (tertiary alicyclic amines) is 1. The number of rotatable bonds is 2. The number of piperidine rings is 1. The molecule has 0 aromatic heterocycles. The lowest BCUT2D eigenvalue weighted by molar-refractivity contribution is -0.138. The Kier molecular flexibility index (Phi) is 4.28. The van der Waals surface area contributed by atoms with E-state index in [1.165, 1.54) is 22.3 Å². The second kappa shape index (κ2) is 6.73. The largest absolute Gasteiger partial charge is 0.488 e. The van der Waals surface area contributed by atoms with Crippen molar-refractivity contribution in [2.45, 2.75) is 19.4 Å². The zero-order chi connectivity index (χ0) is 17.2. The van der Waals surface area contributed by atoms with Crippen molar-refractivity contribution in [1.82, 2.24) is 4.90 Å². The van der Waals surface area contributed by atoms with Crippen LogP contribution in [0, 0.1) is 0 Å². The molecule has 0 aliphatic carbocycles. The topological polar surface area (TPSA) is 49.8 Å². The molecule has 0 bridgehead atoms. The molecule has 2 aromatic rings. The van der Waals surface area contributed by atoms with Crippen LogP contribution in [-0.4, -0.2) is 35.6 Å². The van der Waals surface area contributed by atoms with Crippen LogP contribution in [0.4, 0.5) is 0 Å². The van der Waals surface area contributed by atoms with Crippen molar-refractivity contribution in [3.05, 3.63) is 70.8 Å². The van der Waals surface area contributed by atoms with E-state index in [-0.39, 0.29) is 6.54 Å². The summed E-state index contributed by atoms with van der Waals surface area (Å²) in [6.07, 6.45) is 1.79. The number of hydrogen-bond donors (Lipinski definition) is 1. The number of fused-ring (bicyclic) bond motifs is 2. The third-order valence-corrected chi connectivity index (χ3v) is 5.00. The van der Waals surface area contributed by atoms with Gasteiger partial charge in [0.25, 0.3) is 0 Å². The minimum atomic E-state index is -0.755. The first-order chi connectivity index (χ1) is 12.2. The minimum Gasteiger partial charge on any atom is -0.488 e. The maximum absolute atomic E-state index is 11.0. The van der Waals surface area contributed by atoms with Gasteiger partial charge in [0.05, 0.1) is 6.54 Å². The first kappa shape index (κ1) is 15.9. The predicted octanol–water partition coefficient (Wildman–Crippen LogP) is 3.56. The smallest absolute Gasteiger partial charge is 0.317 e. The van der Waals surface area contributed by atoms with Crippen molar-refractivity contribution in [3.8, 4) is 5.75 Å². The Morgan fingerprint density at radius 1 is 1.00 bits per heavy atom. The normalized spacial score (nSPS) is 17.3. The molecule has 128 valence electrons. The van der Waals surface area contributed by atoms with Gasteiger partial charge in [0.1, 0.15) is 12.4 Å². The third kappa shape index (κ3) is 3.17. The summed E-state index contributed by atoms with van der Waals surface area (Å²) in [5.41, 5.74) is 6.27. The molecule has 4 heteroatoms. The molecule has 0 unspecified atom stereocenters. The summed E-state index contributed by atoms with van der Waals surface area (Å²) in [4.78, 5) is 13.0. The number of carbonyl (C=O) groups is 1. The Bertz CT molecular complexity index is 781. The van der Waals surface area contributed by atoms with Crippen molar-refractivity contribution in [2.24, 2.45) is 0 Å². The average Bonchev–Trinajstić information content (AvgIpc) is 2.79. The molecule has 0 spiro atoms. The van der Waals surface area contributed by atoms with Gasteiger partial charge in [-0.05, 0) is 35.6 Å². The van der Waals surface area contributed by atoms with Gasteiger partial charge in [0.15, 0.2) is 0 Å². The third-order valence-electron chi connectivity index (χ3n) is 5.00. The molecule has 4 rings (SSSR count). The summed E-state index contributed by atoms with van der Waals surface area (Å²) in [7, 11) is 0. The van der Waals surface area contributed by atoms with Gasteiger partial charge in [-0.15, -0.1) is 0 Å². The SMILES string of the molecule is O=C(O)CN1CCC(=C2c3ccccc3COc3ccccc32)CC1. The maximum Gasteiger partial charge on any atom is 0.317 e. The second-order valence-electron chi connectivity index (χ2n) is 6.59. The van der Waals surface area contributed by atoms with E-state index >= 15 is 0 Å². The van der Waals surface area contributed by atoms with Crippen molar-refractivity contribution < 1.29 is 14.6 Å². The van der Waals surface area contributed by atoms with Gasteiger partial charge in [-0.2, -0.15) is 0 Å². The van der Waals surface area contributed by atoms with E-state index in [0.29, 0.717) is 6.61 Å². The highest BCUT2D eigenvalue weighted by atomic mass is 16.5. The number of hydrogen-bond acceptors (Lipinski definition) is 3. The van der Waals surface area contributed by atoms with Crippen LogP contribution in [0.15, 0.2) is 54.1 Å². The molecule has 1 saturated heterocycles. The molecular formula is C21H21NO3. The maximum atomic E-state index is 11.0. The lowest BCUT2D eigenvalue weighted by Crippen LogP contribution is -2.35. The molecule has 2 aliphatic heterocycles. The quantitative estimate of drug-likeness (QED) is 0.912. The standard InChI is InChI=1S/C21H21NO3/c23-20(24)13-22-11-9-15(10-12-22)21-17-6-2-1-5-16(17)14-25-19-8-4-3-7-18(19)21/h1-8H,9-14H2,(H,23,24). The number of carboxylic acids is 1. The Morgan fingerprint density at radius 3 is 2.44 bits per heavy atom. The number of ether oxygens (including phenoxy) is 1. The molecule has 0 radical (unpaired) electrons. The molecule has 1 N–H and O–H groups in total. The fourth-order valence-corrected chi connectivity index (χ4v) is 3.79. The van der Waals surface area contributed by atoms with Gasteiger partial charge in [0.2, 0.25) is 0 Å². The van der Waals surface area contributed by atoms with Crippen LogP contribution in [0.25, 0.3) is 5.57 Å². The van der Waals surface area contributed by atoms with E-state index < -0.39 is 5.97 Å². The Labute approximate surface area is 147 Å². The van der Waals surface area contributed by atoms with Gasteiger partial charge < -0.3 is 9.84 Å². The first-order valence-electron chi connectivity index (χ1n) is 8.69. The van der Waals surface area contributed by atoms with E-state index in [9.17, 15) is 4.79 Å². The summed E-state index contributed by atoms with van der Waals surface area (Å²) in [5, 5.41) is 9.01. The average molecular weight is 335 g/mol. The summed E-state index contributed by atoms with van der Waals surface area (Å²) in [6, 6.07) is 16.6. The number of nitrogens with zero attached hydrogens (tertiary/aromatic N) is 1. The minimum absolute atomic E-state index is 0.124. The zero-order valence-electron chi connectivity index (χ0n) is 14.1. The van der Waals surface area contributed by atoms with Crippen LogP contribution < -0.4 is 4.74 Å². The molecule has 2 aromatic carbocycles. The van der Waals surface area contributed by atoms with E-state index in [2.05, 4.69) is 36.4 Å². The lowest BCUT2D eigenvalue weighted by atomic mass is 9.86. The predicted molar refractivity (Wildman–Crippen MR) is 96.5 cm³/mol. The molecule has 0 atom stereocenters. The molecular weight excluding hydrogens is 314 g/mol. The van der Waals surface area contributed by atoms with Gasteiger partial charge in [0, 0.05) is 18.7 Å². The Morgan fingerprint density at radius 2 is 1.68 bits per heavy atom. The number of aliphatic carboxylic acids is 1. The number of carboxylic acid groups (broad SMARTS) is 1. The van der Waals surface area contributed by atoms with Gasteiger partial charge in [-0.25, -0.2) is 0 Å². The van der Waals surface area contributed by atoms with Crippen molar-refractivity contribution in [2.75, 3.05) is 19.6 Å². The summed E-state index contributed by atoms with van der Waals surface area (Å²) in [5.74, 6) is 0.170. The van der Waals surface area contributed by atoms with Gasteiger partial charge >= 0.3 is 5.97 Å². The van der Waals surface area contributed by atoms with Crippen LogP contribution in [0.5, 0.6) is 5.75 Å². The first-order valence-corrected chi connectivity index (χ1v) is 8.69. The lowest BCUT2D eigenvalue weighted by Gasteiger charge is -2.29. The van der Waals surface area contributed by atoms with E-state index in [1.807, 2.05) is 17.0 Å². The summed E-state index contributed by atoms with van der Waals surface area (Å²) < 4.78 is 6.05. The molecule has 0 amide bonds. The molecule has 0 saturated carbocycles. The zero-order valence-corrected chi connectivity index (χ0v) is 14.1. The van der Waals surface area contributed by atoms with Gasteiger partial charge in [-0.3, -0.25) is 9.69 Å². The van der Waals surface area contributed by atoms with Crippen molar-refractivity contribution in [3.63, 3.8) is 0 Å². The van der Waals surface area contributed by atoms with E-state index in [1.54, 1.807) is 0 Å². The van der Waals surface area contributed by atoms with Gasteiger partial charge in [-0.1, -0.05) is 48.0 Å². The molecule has 2 heterocycles. The highest BCUT2D eigenvalue weighted by molar-refractivity contribution is 5.87.